The van der Waals surface area contributed by atoms with Crippen LogP contribution >= 0.6 is 0 Å². The van der Waals surface area contributed by atoms with E-state index in [1.54, 1.807) is 6.40 Å². The van der Waals surface area contributed by atoms with Gasteiger partial charge < -0.3 is 4.74 Å². The third-order valence-corrected chi connectivity index (χ3v) is 2.38. The molecule has 1 aliphatic heterocycles. The minimum absolute atomic E-state index is 0.167. The van der Waals surface area contributed by atoms with Crippen LogP contribution < -0.4 is 0 Å². The van der Waals surface area contributed by atoms with Gasteiger partial charge in [0.1, 0.15) is 11.6 Å². The first-order valence-corrected chi connectivity index (χ1v) is 2.94. The van der Waals surface area contributed by atoms with Crippen LogP contribution in [0.4, 0.5) is 0 Å². The van der Waals surface area contributed by atoms with E-state index < -0.39 is 0 Å². The Balaban J connectivity index is 2.29. The molecule has 44 valence electrons. The van der Waals surface area contributed by atoms with Crippen molar-refractivity contribution in [3.8, 4) is 0 Å². The number of nitrogens with zero attached hydrogens (tertiary/aromatic N) is 1. The number of ether oxygens (including phenoxy) is 1. The van der Waals surface area contributed by atoms with Crippen LogP contribution in [-0.4, -0.2) is 18.0 Å². The molecular formula is C6H9NO. The van der Waals surface area contributed by atoms with Crippen LogP contribution in [0, 0.1) is 5.92 Å². The maximum Gasteiger partial charge on any atom is 0.170 e. The quantitative estimate of drug-likeness (QED) is 0.453. The Labute approximate surface area is 48.6 Å². The van der Waals surface area contributed by atoms with Crippen LogP contribution in [0.1, 0.15) is 13.8 Å². The van der Waals surface area contributed by atoms with Crippen LogP contribution in [-0.2, 0) is 4.74 Å². The predicted octanol–water partition coefficient (Wildman–Crippen LogP) is 0.822. The van der Waals surface area contributed by atoms with Crippen molar-refractivity contribution in [1.82, 2.24) is 0 Å². The molecule has 0 spiro atoms. The molecule has 2 nitrogen and oxygen atoms in total. The zero-order valence-corrected chi connectivity index (χ0v) is 5.09. The van der Waals surface area contributed by atoms with E-state index in [0.717, 1.165) is 0 Å². The smallest absolute Gasteiger partial charge is 0.170 e. The van der Waals surface area contributed by atoms with Gasteiger partial charge >= 0.3 is 0 Å². The summed E-state index contributed by atoms with van der Waals surface area (Å²) in [6, 6.07) is 0. The number of hydrogen-bond donors (Lipinski definition) is 0. The van der Waals surface area contributed by atoms with Gasteiger partial charge in [-0.2, -0.15) is 0 Å². The Bertz CT molecular complexity index is 155. The van der Waals surface area contributed by atoms with E-state index in [4.69, 9.17) is 4.74 Å². The first-order valence-electron chi connectivity index (χ1n) is 2.94. The van der Waals surface area contributed by atoms with Crippen LogP contribution in [0.15, 0.2) is 4.99 Å². The van der Waals surface area contributed by atoms with Crippen molar-refractivity contribution in [2.75, 3.05) is 0 Å². The highest BCUT2D eigenvalue weighted by Crippen LogP contribution is 2.51. The van der Waals surface area contributed by atoms with Crippen molar-refractivity contribution >= 4 is 6.40 Å². The second-order valence-corrected chi connectivity index (χ2v) is 2.81. The average molecular weight is 111 g/mol. The van der Waals surface area contributed by atoms with Gasteiger partial charge in [-0.15, -0.1) is 0 Å². The Morgan fingerprint density at radius 2 is 2.50 bits per heavy atom. The highest BCUT2D eigenvalue weighted by molar-refractivity contribution is 5.55. The van der Waals surface area contributed by atoms with Crippen molar-refractivity contribution in [3.05, 3.63) is 0 Å². The summed E-state index contributed by atoms with van der Waals surface area (Å²) in [7, 11) is 0. The first-order chi connectivity index (χ1) is 3.75. The Kier molecular flexibility index (Phi) is 0.504. The van der Waals surface area contributed by atoms with E-state index in [0.29, 0.717) is 12.0 Å². The SMILES string of the molecule is CC1[C@H]2OC=NC12C. The summed E-state index contributed by atoms with van der Waals surface area (Å²) in [5, 5.41) is 0. The molecule has 0 saturated heterocycles. The molecule has 0 aromatic carbocycles. The van der Waals surface area contributed by atoms with Crippen LogP contribution in [0.5, 0.6) is 0 Å². The summed E-state index contributed by atoms with van der Waals surface area (Å²) >= 11 is 0. The predicted molar refractivity (Wildman–Crippen MR) is 30.9 cm³/mol. The van der Waals surface area contributed by atoms with Gasteiger partial charge in [0.2, 0.25) is 0 Å². The molecule has 8 heavy (non-hydrogen) atoms. The molecule has 2 heteroatoms. The number of hydrogen-bond acceptors (Lipinski definition) is 2. The van der Waals surface area contributed by atoms with Crippen LogP contribution in [0.3, 0.4) is 0 Å². The second kappa shape index (κ2) is 0.925. The molecule has 1 heterocycles. The summed E-state index contributed by atoms with van der Waals surface area (Å²) in [4.78, 5) is 4.18. The minimum atomic E-state index is 0.167. The third kappa shape index (κ3) is 0.261. The van der Waals surface area contributed by atoms with Gasteiger partial charge in [0.25, 0.3) is 0 Å². The van der Waals surface area contributed by atoms with E-state index in [2.05, 4.69) is 18.8 Å². The largest absolute Gasteiger partial charge is 0.477 e. The third-order valence-electron chi connectivity index (χ3n) is 2.38. The number of rotatable bonds is 0. The molecule has 2 rings (SSSR count). The fraction of sp³-hybridized carbons (Fsp3) is 0.833. The summed E-state index contributed by atoms with van der Waals surface area (Å²) in [6.07, 6.45) is 1.98. The minimum Gasteiger partial charge on any atom is -0.477 e. The molecule has 0 radical (unpaired) electrons. The molecule has 2 unspecified atom stereocenters. The van der Waals surface area contributed by atoms with Gasteiger partial charge in [-0.1, -0.05) is 6.92 Å². The molecule has 1 saturated carbocycles. The highest BCUT2D eigenvalue weighted by Gasteiger charge is 2.63. The Morgan fingerprint density at radius 1 is 1.75 bits per heavy atom. The van der Waals surface area contributed by atoms with Crippen LogP contribution in [0.25, 0.3) is 0 Å². The first kappa shape index (κ1) is 4.36. The van der Waals surface area contributed by atoms with Crippen molar-refractivity contribution in [1.29, 1.82) is 0 Å². The number of aliphatic imine (C=N–C) groups is 1. The lowest BCUT2D eigenvalue weighted by molar-refractivity contribution is 0.294. The van der Waals surface area contributed by atoms with E-state index >= 15 is 0 Å². The van der Waals surface area contributed by atoms with Crippen molar-refractivity contribution in [2.45, 2.75) is 25.5 Å². The molecule has 0 bridgehead atoms. The molecule has 0 aromatic rings. The van der Waals surface area contributed by atoms with Gasteiger partial charge in [-0.05, 0) is 6.92 Å². The second-order valence-electron chi connectivity index (χ2n) is 2.81. The van der Waals surface area contributed by atoms with Gasteiger partial charge in [-0.3, -0.25) is 0 Å². The van der Waals surface area contributed by atoms with Gasteiger partial charge in [0.05, 0.1) is 0 Å². The van der Waals surface area contributed by atoms with Gasteiger partial charge in [-0.25, -0.2) is 4.99 Å². The van der Waals surface area contributed by atoms with E-state index in [1.165, 1.54) is 0 Å². The maximum atomic E-state index is 5.15. The number of fused-ring (bicyclic) bond motifs is 1. The van der Waals surface area contributed by atoms with Crippen molar-refractivity contribution in [3.63, 3.8) is 0 Å². The van der Waals surface area contributed by atoms with Gasteiger partial charge in [0.15, 0.2) is 6.40 Å². The zero-order chi connectivity index (χ0) is 5.78. The Hall–Kier alpha value is -0.530. The molecule has 0 aromatic heterocycles. The maximum absolute atomic E-state index is 5.15. The van der Waals surface area contributed by atoms with Crippen LogP contribution in [0.2, 0.25) is 0 Å². The van der Waals surface area contributed by atoms with E-state index in [9.17, 15) is 0 Å². The lowest BCUT2D eigenvalue weighted by Gasteiger charge is -1.91. The molecule has 1 fully saturated rings. The van der Waals surface area contributed by atoms with E-state index in [1.807, 2.05) is 0 Å². The van der Waals surface area contributed by atoms with Crippen molar-refractivity contribution < 1.29 is 4.74 Å². The molecular weight excluding hydrogens is 102 g/mol. The molecule has 0 amide bonds. The van der Waals surface area contributed by atoms with E-state index in [-0.39, 0.29) is 5.54 Å². The monoisotopic (exact) mass is 111 g/mol. The average Bonchev–Trinajstić information content (AvgIpc) is 2.23. The standard InChI is InChI=1S/C6H9NO/c1-4-5-6(4,2)7-3-8-5/h3-5H,1-2H3/t4?,5-,6?/m1/s1. The molecule has 0 N–H and O–H groups in total. The summed E-state index contributed by atoms with van der Waals surface area (Å²) < 4.78 is 5.15. The molecule has 1 aliphatic carbocycles. The molecule has 2 aliphatic rings. The fourth-order valence-corrected chi connectivity index (χ4v) is 1.32. The normalized spacial score (nSPS) is 57.8. The Morgan fingerprint density at radius 3 is 2.75 bits per heavy atom. The fourth-order valence-electron chi connectivity index (χ4n) is 1.32. The van der Waals surface area contributed by atoms with Gasteiger partial charge in [0, 0.05) is 5.92 Å². The lowest BCUT2D eigenvalue weighted by atomic mass is 10.3. The zero-order valence-electron chi connectivity index (χ0n) is 5.09. The van der Waals surface area contributed by atoms with Crippen molar-refractivity contribution in [2.24, 2.45) is 10.9 Å². The summed E-state index contributed by atoms with van der Waals surface area (Å²) in [5.74, 6) is 0.646. The topological polar surface area (TPSA) is 21.6 Å². The molecule has 3 atom stereocenters. The summed E-state index contributed by atoms with van der Waals surface area (Å²) in [6.45, 7) is 4.30. The highest BCUT2D eigenvalue weighted by atomic mass is 16.5. The summed E-state index contributed by atoms with van der Waals surface area (Å²) in [5.41, 5.74) is 0.167. The lowest BCUT2D eigenvalue weighted by Crippen LogP contribution is -1.99.